The Morgan fingerprint density at radius 1 is 1.19 bits per heavy atom. The summed E-state index contributed by atoms with van der Waals surface area (Å²) in [7, 11) is 0. The van der Waals surface area contributed by atoms with Gasteiger partial charge in [-0.1, -0.05) is 29.8 Å². The third-order valence-electron chi connectivity index (χ3n) is 3.11. The van der Waals surface area contributed by atoms with E-state index in [1.165, 1.54) is 10.7 Å². The van der Waals surface area contributed by atoms with E-state index in [4.69, 9.17) is 17.0 Å². The Bertz CT molecular complexity index is 999. The van der Waals surface area contributed by atoms with Gasteiger partial charge in [-0.2, -0.15) is 20.1 Å². The van der Waals surface area contributed by atoms with E-state index in [1.54, 1.807) is 30.3 Å². The maximum absolute atomic E-state index is 9.48. The van der Waals surface area contributed by atoms with Crippen LogP contribution in [0.5, 0.6) is 0 Å². The van der Waals surface area contributed by atoms with Crippen molar-refractivity contribution >= 4 is 17.1 Å². The molecule has 0 aliphatic rings. The minimum atomic E-state index is -0.147. The van der Waals surface area contributed by atoms with Gasteiger partial charge < -0.3 is 0 Å². The fourth-order valence-corrected chi connectivity index (χ4v) is 2.44. The third kappa shape index (κ3) is 1.78. The lowest BCUT2D eigenvalue weighted by Gasteiger charge is -2.12. The molecule has 0 fully saturated rings. The Balaban J connectivity index is 2.59. The molecule has 0 bridgehead atoms. The van der Waals surface area contributed by atoms with Gasteiger partial charge in [-0.3, -0.25) is 5.41 Å². The number of benzene rings is 1. The summed E-state index contributed by atoms with van der Waals surface area (Å²) < 4.78 is 2.28. The molecular weight excluding hydrogens is 288 g/mol. The van der Waals surface area contributed by atoms with Crippen LogP contribution < -0.4 is 5.62 Å². The van der Waals surface area contributed by atoms with Crippen molar-refractivity contribution in [3.8, 4) is 23.5 Å². The maximum Gasteiger partial charge on any atom is 0.237 e. The van der Waals surface area contributed by atoms with Gasteiger partial charge >= 0.3 is 0 Å². The molecule has 1 N–H and O–H groups in total. The average molecular weight is 295 g/mol. The number of halogens is 1. The fourth-order valence-electron chi connectivity index (χ4n) is 2.21. The van der Waals surface area contributed by atoms with Crippen molar-refractivity contribution in [1.29, 1.82) is 15.9 Å². The van der Waals surface area contributed by atoms with Crippen LogP contribution in [-0.4, -0.2) is 14.2 Å². The molecule has 0 aliphatic carbocycles. The normalized spacial score (nSPS) is 10.2. The lowest BCUT2D eigenvalue weighted by molar-refractivity contribution is 0.762. The molecule has 0 radical (unpaired) electrons. The predicted octanol–water partition coefficient (Wildman–Crippen LogP) is 2.14. The highest BCUT2D eigenvalue weighted by atomic mass is 35.5. The van der Waals surface area contributed by atoms with E-state index in [1.807, 2.05) is 6.19 Å². The third-order valence-corrected chi connectivity index (χ3v) is 3.44. The second kappa shape index (κ2) is 4.78. The number of hydrogen-bond donors (Lipinski definition) is 1. The summed E-state index contributed by atoms with van der Waals surface area (Å²) in [5, 5.41) is 31.3. The number of nitrogens with zero attached hydrogens (tertiary/aromatic N) is 5. The first-order chi connectivity index (χ1) is 10.2. The van der Waals surface area contributed by atoms with Gasteiger partial charge in [0.1, 0.15) is 11.6 Å². The molecule has 0 unspecified atom stereocenters. The molecule has 3 aromatic rings. The highest BCUT2D eigenvalue weighted by Gasteiger charge is 2.19. The van der Waals surface area contributed by atoms with Crippen molar-refractivity contribution < 1.29 is 0 Å². The average Bonchev–Trinajstić information content (AvgIpc) is 2.97. The Hall–Kier alpha value is -3.09. The van der Waals surface area contributed by atoms with Crippen LogP contribution in [0.15, 0.2) is 36.5 Å². The van der Waals surface area contributed by atoms with Crippen LogP contribution >= 0.6 is 11.6 Å². The van der Waals surface area contributed by atoms with Crippen LogP contribution in [0, 0.1) is 28.2 Å². The molecule has 2 heterocycles. The molecule has 21 heavy (non-hydrogen) atoms. The zero-order valence-corrected chi connectivity index (χ0v) is 11.3. The summed E-state index contributed by atoms with van der Waals surface area (Å²) in [6, 6.07) is 10.6. The van der Waals surface area contributed by atoms with Crippen LogP contribution in [0.1, 0.15) is 5.56 Å². The quantitative estimate of drug-likeness (QED) is 0.745. The van der Waals surface area contributed by atoms with Gasteiger partial charge in [-0.15, -0.1) is 0 Å². The zero-order chi connectivity index (χ0) is 15.0. The number of hydrogen-bond acceptors (Lipinski definition) is 4. The Labute approximate surface area is 124 Å². The molecule has 0 amide bonds. The van der Waals surface area contributed by atoms with E-state index in [0.29, 0.717) is 21.8 Å². The van der Waals surface area contributed by atoms with Gasteiger partial charge in [0.2, 0.25) is 5.62 Å². The summed E-state index contributed by atoms with van der Waals surface area (Å²) >= 11 is 6.18. The topological polar surface area (TPSA) is 93.7 Å². The minimum Gasteiger partial charge on any atom is -0.266 e. The fraction of sp³-hybridized carbons (Fsp3) is 0. The SMILES string of the molecule is N#Cc1c(-c2ccccc2Cl)n(C#N)c(=N)n2nccc12. The van der Waals surface area contributed by atoms with Crippen molar-refractivity contribution in [3.05, 3.63) is 52.7 Å². The molecule has 7 heteroatoms. The first-order valence-corrected chi connectivity index (χ1v) is 6.29. The molecule has 3 rings (SSSR count). The van der Waals surface area contributed by atoms with Gasteiger partial charge in [-0.25, -0.2) is 4.57 Å². The Kier molecular flexibility index (Phi) is 2.94. The molecule has 1 aromatic carbocycles. The van der Waals surface area contributed by atoms with Gasteiger partial charge in [0.15, 0.2) is 6.19 Å². The van der Waals surface area contributed by atoms with Crippen molar-refractivity contribution in [2.45, 2.75) is 0 Å². The highest BCUT2D eigenvalue weighted by molar-refractivity contribution is 6.33. The highest BCUT2D eigenvalue weighted by Crippen LogP contribution is 2.30. The molecule has 2 aromatic heterocycles. The van der Waals surface area contributed by atoms with E-state index >= 15 is 0 Å². The minimum absolute atomic E-state index is 0.147. The molecule has 6 nitrogen and oxygen atoms in total. The van der Waals surface area contributed by atoms with Crippen molar-refractivity contribution in [3.63, 3.8) is 0 Å². The smallest absolute Gasteiger partial charge is 0.237 e. The van der Waals surface area contributed by atoms with E-state index in [9.17, 15) is 10.5 Å². The second-order valence-corrected chi connectivity index (χ2v) is 4.61. The van der Waals surface area contributed by atoms with Crippen LogP contribution in [0.25, 0.3) is 16.8 Å². The lowest BCUT2D eigenvalue weighted by Crippen LogP contribution is -2.27. The van der Waals surface area contributed by atoms with E-state index < -0.39 is 0 Å². The standard InChI is InChI=1S/C14H7ClN6/c15-11-4-2-1-3-9(11)13-10(7-16)12-5-6-19-21(12)14(18)20(13)8-17/h1-6,18H. The first kappa shape index (κ1) is 12.9. The molecule has 100 valence electrons. The number of nitrogens with one attached hydrogen (secondary N) is 1. The number of nitriles is 2. The number of rotatable bonds is 1. The zero-order valence-electron chi connectivity index (χ0n) is 10.6. The van der Waals surface area contributed by atoms with Gasteiger partial charge in [0.05, 0.1) is 17.4 Å². The van der Waals surface area contributed by atoms with Gasteiger partial charge in [0, 0.05) is 10.6 Å². The van der Waals surface area contributed by atoms with E-state index in [0.717, 1.165) is 4.57 Å². The largest absolute Gasteiger partial charge is 0.266 e. The van der Waals surface area contributed by atoms with Crippen LogP contribution in [0.3, 0.4) is 0 Å². The first-order valence-electron chi connectivity index (χ1n) is 5.91. The number of fused-ring (bicyclic) bond motifs is 1. The molecule has 0 aliphatic heterocycles. The van der Waals surface area contributed by atoms with E-state index in [-0.39, 0.29) is 11.2 Å². The molecule has 0 atom stereocenters. The predicted molar refractivity (Wildman–Crippen MR) is 75.2 cm³/mol. The monoisotopic (exact) mass is 294 g/mol. The van der Waals surface area contributed by atoms with Crippen LogP contribution in [0.4, 0.5) is 0 Å². The summed E-state index contributed by atoms with van der Waals surface area (Å²) in [5.74, 6) is 0. The van der Waals surface area contributed by atoms with Crippen molar-refractivity contribution in [2.75, 3.05) is 0 Å². The second-order valence-electron chi connectivity index (χ2n) is 4.20. The Morgan fingerprint density at radius 3 is 2.62 bits per heavy atom. The lowest BCUT2D eigenvalue weighted by atomic mass is 10.1. The van der Waals surface area contributed by atoms with Crippen LogP contribution in [-0.2, 0) is 0 Å². The molecular formula is C14H7ClN6. The van der Waals surface area contributed by atoms with Crippen molar-refractivity contribution in [1.82, 2.24) is 14.2 Å². The van der Waals surface area contributed by atoms with Crippen molar-refractivity contribution in [2.24, 2.45) is 0 Å². The summed E-state index contributed by atoms with van der Waals surface area (Å²) in [5.41, 5.74) is 1.38. The van der Waals surface area contributed by atoms with Gasteiger partial charge in [-0.05, 0) is 12.1 Å². The summed E-state index contributed by atoms with van der Waals surface area (Å²) in [4.78, 5) is 0. The maximum atomic E-state index is 9.48. The van der Waals surface area contributed by atoms with Crippen LogP contribution in [0.2, 0.25) is 5.02 Å². The molecule has 0 spiro atoms. The number of aromatic nitrogens is 3. The Morgan fingerprint density at radius 2 is 1.95 bits per heavy atom. The molecule has 0 saturated heterocycles. The summed E-state index contributed by atoms with van der Waals surface area (Å²) in [6.07, 6.45) is 3.38. The van der Waals surface area contributed by atoms with E-state index in [2.05, 4.69) is 11.2 Å². The summed E-state index contributed by atoms with van der Waals surface area (Å²) in [6.45, 7) is 0. The van der Waals surface area contributed by atoms with Gasteiger partial charge in [0.25, 0.3) is 0 Å². The molecule has 0 saturated carbocycles.